The van der Waals surface area contributed by atoms with Gasteiger partial charge in [-0.3, -0.25) is 10.8 Å². The number of aromatic nitrogens is 1. The lowest BCUT2D eigenvalue weighted by molar-refractivity contribution is 0.400. The van der Waals surface area contributed by atoms with Crippen LogP contribution in [0, 0.1) is 0 Å². The molecule has 0 bridgehead atoms. The summed E-state index contributed by atoms with van der Waals surface area (Å²) in [5, 5.41) is 2.32. The minimum atomic E-state index is -0.229. The Labute approximate surface area is 123 Å². The highest BCUT2D eigenvalue weighted by Gasteiger charge is 2.20. The van der Waals surface area contributed by atoms with Gasteiger partial charge in [0, 0.05) is 6.20 Å². The normalized spacial score (nSPS) is 12.3. The zero-order valence-corrected chi connectivity index (χ0v) is 11.8. The minimum absolute atomic E-state index is 0.229. The fourth-order valence-corrected chi connectivity index (χ4v) is 2.61. The first-order valence-electron chi connectivity index (χ1n) is 6.78. The summed E-state index contributed by atoms with van der Waals surface area (Å²) in [6, 6.07) is 17.9. The summed E-state index contributed by atoms with van der Waals surface area (Å²) < 4.78 is 5.40. The second-order valence-corrected chi connectivity index (χ2v) is 4.76. The Morgan fingerprint density at radius 3 is 2.67 bits per heavy atom. The maximum Gasteiger partial charge on any atom is 0.142 e. The number of hydrazine groups is 1. The van der Waals surface area contributed by atoms with Crippen LogP contribution in [0.2, 0.25) is 0 Å². The Bertz CT molecular complexity index is 752. The fraction of sp³-hybridized carbons (Fsp3) is 0.118. The van der Waals surface area contributed by atoms with Crippen LogP contribution in [0.3, 0.4) is 0 Å². The molecule has 1 aromatic heterocycles. The molecule has 0 spiro atoms. The van der Waals surface area contributed by atoms with E-state index in [1.807, 2.05) is 30.3 Å². The highest BCUT2D eigenvalue weighted by Crippen LogP contribution is 2.31. The van der Waals surface area contributed by atoms with Crippen molar-refractivity contribution in [2.24, 2.45) is 5.84 Å². The first-order chi connectivity index (χ1) is 10.3. The maximum atomic E-state index is 5.81. The van der Waals surface area contributed by atoms with Gasteiger partial charge in [-0.2, -0.15) is 0 Å². The summed E-state index contributed by atoms with van der Waals surface area (Å²) in [5.41, 5.74) is 4.71. The van der Waals surface area contributed by atoms with E-state index < -0.39 is 0 Å². The number of nitrogens with two attached hydrogens (primary N) is 1. The number of rotatable bonds is 4. The molecule has 0 amide bonds. The highest BCUT2D eigenvalue weighted by atomic mass is 16.5. The molecule has 2 aromatic carbocycles. The van der Waals surface area contributed by atoms with E-state index >= 15 is 0 Å². The molecule has 0 aliphatic carbocycles. The number of hydrogen-bond acceptors (Lipinski definition) is 4. The van der Waals surface area contributed by atoms with Crippen LogP contribution in [0.15, 0.2) is 60.8 Å². The molecule has 1 atom stereocenters. The average molecular weight is 279 g/mol. The van der Waals surface area contributed by atoms with Crippen molar-refractivity contribution < 1.29 is 4.74 Å². The lowest BCUT2D eigenvalue weighted by Crippen LogP contribution is -2.30. The predicted molar refractivity (Wildman–Crippen MR) is 83.9 cm³/mol. The van der Waals surface area contributed by atoms with Gasteiger partial charge in [-0.25, -0.2) is 5.43 Å². The van der Waals surface area contributed by atoms with E-state index in [1.165, 1.54) is 5.39 Å². The number of nitrogens with one attached hydrogen (secondary N) is 1. The largest absolute Gasteiger partial charge is 0.495 e. The van der Waals surface area contributed by atoms with Crippen LogP contribution in [0.5, 0.6) is 5.75 Å². The maximum absolute atomic E-state index is 5.81. The van der Waals surface area contributed by atoms with Gasteiger partial charge < -0.3 is 4.74 Å². The molecule has 106 valence electrons. The molecule has 0 saturated heterocycles. The Kier molecular flexibility index (Phi) is 3.81. The SMILES string of the molecule is COc1cccnc1C(NN)c1cccc2ccccc12. The van der Waals surface area contributed by atoms with E-state index in [1.54, 1.807) is 13.3 Å². The van der Waals surface area contributed by atoms with Crippen LogP contribution in [0.25, 0.3) is 10.8 Å². The predicted octanol–water partition coefficient (Wildman–Crippen LogP) is 2.80. The molecule has 1 heterocycles. The van der Waals surface area contributed by atoms with Crippen LogP contribution in [-0.2, 0) is 0 Å². The average Bonchev–Trinajstić information content (AvgIpc) is 2.56. The summed E-state index contributed by atoms with van der Waals surface area (Å²) in [7, 11) is 1.64. The van der Waals surface area contributed by atoms with Gasteiger partial charge in [0.25, 0.3) is 0 Å². The van der Waals surface area contributed by atoms with E-state index in [2.05, 4.69) is 34.7 Å². The number of fused-ring (bicyclic) bond motifs is 1. The van der Waals surface area contributed by atoms with Gasteiger partial charge in [0.1, 0.15) is 11.4 Å². The molecular formula is C17H17N3O. The second-order valence-electron chi connectivity index (χ2n) is 4.76. The molecule has 3 aromatic rings. The zero-order chi connectivity index (χ0) is 14.7. The number of pyridine rings is 1. The number of hydrogen-bond donors (Lipinski definition) is 2. The topological polar surface area (TPSA) is 60.2 Å². The lowest BCUT2D eigenvalue weighted by Gasteiger charge is -2.20. The molecule has 0 fully saturated rings. The van der Waals surface area contributed by atoms with Crippen molar-refractivity contribution in [3.05, 3.63) is 72.1 Å². The van der Waals surface area contributed by atoms with E-state index in [-0.39, 0.29) is 6.04 Å². The van der Waals surface area contributed by atoms with E-state index in [0.29, 0.717) is 5.75 Å². The van der Waals surface area contributed by atoms with Crippen LogP contribution in [0.4, 0.5) is 0 Å². The van der Waals surface area contributed by atoms with E-state index in [9.17, 15) is 0 Å². The van der Waals surface area contributed by atoms with Gasteiger partial charge in [-0.1, -0.05) is 42.5 Å². The van der Waals surface area contributed by atoms with Crippen molar-refractivity contribution in [3.63, 3.8) is 0 Å². The van der Waals surface area contributed by atoms with E-state index in [4.69, 9.17) is 10.6 Å². The summed E-state index contributed by atoms with van der Waals surface area (Å²) >= 11 is 0. The molecule has 0 aliphatic rings. The minimum Gasteiger partial charge on any atom is -0.495 e. The Hall–Kier alpha value is -2.43. The van der Waals surface area contributed by atoms with Gasteiger partial charge in [-0.15, -0.1) is 0 Å². The van der Waals surface area contributed by atoms with Crippen molar-refractivity contribution in [2.75, 3.05) is 7.11 Å². The molecular weight excluding hydrogens is 262 g/mol. The monoisotopic (exact) mass is 279 g/mol. The van der Waals surface area contributed by atoms with E-state index in [0.717, 1.165) is 16.6 Å². The van der Waals surface area contributed by atoms with Crippen molar-refractivity contribution in [2.45, 2.75) is 6.04 Å². The Morgan fingerprint density at radius 2 is 1.86 bits per heavy atom. The lowest BCUT2D eigenvalue weighted by atomic mass is 9.96. The smallest absolute Gasteiger partial charge is 0.142 e. The number of methoxy groups -OCH3 is 1. The standard InChI is InChI=1S/C17H17N3O/c1-21-15-10-5-11-19-17(15)16(20-18)14-9-4-7-12-6-2-3-8-13(12)14/h2-11,16,20H,18H2,1H3. The second kappa shape index (κ2) is 5.91. The summed E-state index contributed by atoms with van der Waals surface area (Å²) in [5.74, 6) is 6.52. The van der Waals surface area contributed by atoms with Gasteiger partial charge in [0.2, 0.25) is 0 Å². The van der Waals surface area contributed by atoms with Gasteiger partial charge in [0.05, 0.1) is 13.2 Å². The van der Waals surface area contributed by atoms with Crippen LogP contribution in [-0.4, -0.2) is 12.1 Å². The summed E-state index contributed by atoms with van der Waals surface area (Å²) in [4.78, 5) is 4.44. The molecule has 4 nitrogen and oxygen atoms in total. The first kappa shape index (κ1) is 13.5. The Morgan fingerprint density at radius 1 is 1.05 bits per heavy atom. The van der Waals surface area contributed by atoms with Crippen LogP contribution >= 0.6 is 0 Å². The van der Waals surface area contributed by atoms with Crippen molar-refractivity contribution in [1.82, 2.24) is 10.4 Å². The first-order valence-corrected chi connectivity index (χ1v) is 6.78. The van der Waals surface area contributed by atoms with Gasteiger partial charge in [0.15, 0.2) is 0 Å². The summed E-state index contributed by atoms with van der Waals surface area (Å²) in [6.45, 7) is 0. The fourth-order valence-electron chi connectivity index (χ4n) is 2.61. The highest BCUT2D eigenvalue weighted by molar-refractivity contribution is 5.86. The van der Waals surface area contributed by atoms with Crippen molar-refractivity contribution >= 4 is 10.8 Å². The Balaban J connectivity index is 2.19. The van der Waals surface area contributed by atoms with Crippen LogP contribution < -0.4 is 16.0 Å². The van der Waals surface area contributed by atoms with Crippen molar-refractivity contribution in [3.8, 4) is 5.75 Å². The summed E-state index contributed by atoms with van der Waals surface area (Å²) in [6.07, 6.45) is 1.74. The van der Waals surface area contributed by atoms with Crippen LogP contribution in [0.1, 0.15) is 17.3 Å². The molecule has 0 aliphatic heterocycles. The zero-order valence-electron chi connectivity index (χ0n) is 11.8. The molecule has 0 radical (unpaired) electrons. The van der Waals surface area contributed by atoms with Crippen molar-refractivity contribution in [1.29, 1.82) is 0 Å². The quantitative estimate of drug-likeness (QED) is 0.569. The molecule has 4 heteroatoms. The van der Waals surface area contributed by atoms with Gasteiger partial charge >= 0.3 is 0 Å². The molecule has 1 unspecified atom stereocenters. The molecule has 0 saturated carbocycles. The molecule has 3 rings (SSSR count). The number of benzene rings is 2. The number of ether oxygens (including phenoxy) is 1. The third-order valence-corrected chi connectivity index (χ3v) is 3.59. The third-order valence-electron chi connectivity index (χ3n) is 3.59. The third kappa shape index (κ3) is 2.46. The van der Waals surface area contributed by atoms with Gasteiger partial charge in [-0.05, 0) is 28.5 Å². The number of nitrogens with zero attached hydrogens (tertiary/aromatic N) is 1. The molecule has 21 heavy (non-hydrogen) atoms. The molecule has 3 N–H and O–H groups in total.